The number of hydrogen-bond acceptors (Lipinski definition) is 4. The summed E-state index contributed by atoms with van der Waals surface area (Å²) in [6, 6.07) is 3.72. The first-order valence-corrected chi connectivity index (χ1v) is 8.37. The van der Waals surface area contributed by atoms with Gasteiger partial charge in [0, 0.05) is 19.7 Å². The third kappa shape index (κ3) is 5.35. The van der Waals surface area contributed by atoms with Crippen molar-refractivity contribution in [2.24, 2.45) is 0 Å². The van der Waals surface area contributed by atoms with Crippen LogP contribution >= 0.6 is 0 Å². The summed E-state index contributed by atoms with van der Waals surface area (Å²) in [6.45, 7) is 2.68. The van der Waals surface area contributed by atoms with Gasteiger partial charge in [-0.1, -0.05) is 19.4 Å². The zero-order valence-electron chi connectivity index (χ0n) is 12.6. The molecule has 21 heavy (non-hydrogen) atoms. The molecule has 0 aliphatic heterocycles. The van der Waals surface area contributed by atoms with E-state index in [1.54, 1.807) is 13.1 Å². The average molecular weight is 318 g/mol. The number of rotatable bonds is 9. The minimum Gasteiger partial charge on any atom is -0.383 e. The number of benzene rings is 1. The van der Waals surface area contributed by atoms with Gasteiger partial charge < -0.3 is 10.1 Å². The highest BCUT2D eigenvalue weighted by atomic mass is 32.2. The van der Waals surface area contributed by atoms with E-state index in [2.05, 4.69) is 10.0 Å². The second kappa shape index (κ2) is 8.43. The van der Waals surface area contributed by atoms with Crippen LogP contribution < -0.4 is 10.0 Å². The van der Waals surface area contributed by atoms with E-state index in [1.165, 1.54) is 19.2 Å². The van der Waals surface area contributed by atoms with Gasteiger partial charge in [-0.2, -0.15) is 0 Å². The van der Waals surface area contributed by atoms with Crippen molar-refractivity contribution in [1.29, 1.82) is 0 Å². The summed E-state index contributed by atoms with van der Waals surface area (Å²) in [5, 5.41) is 2.91. The molecule has 7 heteroatoms. The molecule has 0 heterocycles. The third-order valence-electron chi connectivity index (χ3n) is 2.99. The molecule has 0 saturated heterocycles. The van der Waals surface area contributed by atoms with E-state index in [-0.39, 0.29) is 17.5 Å². The number of halogens is 1. The Hall–Kier alpha value is -1.02. The highest BCUT2D eigenvalue weighted by Crippen LogP contribution is 2.17. The summed E-state index contributed by atoms with van der Waals surface area (Å²) in [6.07, 6.45) is 1.43. The lowest BCUT2D eigenvalue weighted by atomic mass is 10.2. The first-order chi connectivity index (χ1) is 9.94. The zero-order chi connectivity index (χ0) is 15.9. The van der Waals surface area contributed by atoms with E-state index in [0.717, 1.165) is 6.42 Å². The third-order valence-corrected chi connectivity index (χ3v) is 4.53. The fourth-order valence-corrected chi connectivity index (χ4v) is 3.46. The summed E-state index contributed by atoms with van der Waals surface area (Å²) in [4.78, 5) is -0.326. The molecule has 1 aromatic carbocycles. The topological polar surface area (TPSA) is 67.4 Å². The highest BCUT2D eigenvalue weighted by molar-refractivity contribution is 7.89. The summed E-state index contributed by atoms with van der Waals surface area (Å²) in [5.74, 6) is -0.755. The van der Waals surface area contributed by atoms with Crippen LogP contribution in [0.15, 0.2) is 23.1 Å². The molecule has 1 rings (SSSR count). The fraction of sp³-hybridized carbons (Fsp3) is 0.571. The van der Waals surface area contributed by atoms with Crippen LogP contribution in [-0.4, -0.2) is 35.2 Å². The van der Waals surface area contributed by atoms with Gasteiger partial charge in [-0.15, -0.1) is 0 Å². The van der Waals surface area contributed by atoms with Gasteiger partial charge in [-0.25, -0.2) is 17.5 Å². The Morgan fingerprint density at radius 1 is 1.38 bits per heavy atom. The quantitative estimate of drug-likeness (QED) is 0.726. The fourth-order valence-electron chi connectivity index (χ4n) is 2.08. The normalized spacial score (nSPS) is 13.3. The lowest BCUT2D eigenvalue weighted by Gasteiger charge is -2.18. The molecular formula is C14H23FN2O3S. The second-order valence-corrected chi connectivity index (χ2v) is 6.54. The SMILES string of the molecule is CCCC(COC)NS(=O)(=O)c1cc(CNC)ccc1F. The molecule has 2 N–H and O–H groups in total. The first-order valence-electron chi connectivity index (χ1n) is 6.88. The number of ether oxygens (including phenoxy) is 1. The van der Waals surface area contributed by atoms with E-state index < -0.39 is 15.8 Å². The summed E-state index contributed by atoms with van der Waals surface area (Å²) >= 11 is 0. The van der Waals surface area contributed by atoms with Gasteiger partial charge in [0.15, 0.2) is 0 Å². The predicted molar refractivity (Wildman–Crippen MR) is 80.1 cm³/mol. The minimum absolute atomic E-state index is 0.255. The van der Waals surface area contributed by atoms with Crippen LogP contribution in [-0.2, 0) is 21.3 Å². The molecule has 0 aliphatic carbocycles. The number of hydrogen-bond donors (Lipinski definition) is 2. The molecule has 0 fully saturated rings. The summed E-state index contributed by atoms with van der Waals surface area (Å²) in [7, 11) is -0.661. The molecule has 0 aromatic heterocycles. The van der Waals surface area contributed by atoms with E-state index in [9.17, 15) is 12.8 Å². The van der Waals surface area contributed by atoms with Crippen LogP contribution in [0.25, 0.3) is 0 Å². The highest BCUT2D eigenvalue weighted by Gasteiger charge is 2.23. The van der Waals surface area contributed by atoms with Gasteiger partial charge in [0.1, 0.15) is 10.7 Å². The Morgan fingerprint density at radius 3 is 2.67 bits per heavy atom. The average Bonchev–Trinajstić information content (AvgIpc) is 2.41. The van der Waals surface area contributed by atoms with Crippen molar-refractivity contribution >= 4 is 10.0 Å². The van der Waals surface area contributed by atoms with E-state index in [1.807, 2.05) is 6.92 Å². The molecule has 1 atom stereocenters. The van der Waals surface area contributed by atoms with Gasteiger partial charge in [0.25, 0.3) is 0 Å². The summed E-state index contributed by atoms with van der Waals surface area (Å²) < 4.78 is 46.1. The van der Waals surface area contributed by atoms with Gasteiger partial charge >= 0.3 is 0 Å². The maximum absolute atomic E-state index is 13.9. The lowest BCUT2D eigenvalue weighted by molar-refractivity contribution is 0.171. The number of sulfonamides is 1. The van der Waals surface area contributed by atoms with Crippen molar-refractivity contribution in [3.63, 3.8) is 0 Å². The van der Waals surface area contributed by atoms with Crippen molar-refractivity contribution in [2.75, 3.05) is 20.8 Å². The molecule has 0 aliphatic rings. The van der Waals surface area contributed by atoms with Crippen LogP contribution in [0.1, 0.15) is 25.3 Å². The van der Waals surface area contributed by atoms with E-state index in [4.69, 9.17) is 4.74 Å². The molecule has 1 aromatic rings. The van der Waals surface area contributed by atoms with E-state index in [0.29, 0.717) is 18.5 Å². The van der Waals surface area contributed by atoms with Gasteiger partial charge in [-0.05, 0) is 31.2 Å². The Balaban J connectivity index is 3.02. The molecule has 0 amide bonds. The maximum Gasteiger partial charge on any atom is 0.243 e. The van der Waals surface area contributed by atoms with Crippen LogP contribution in [0, 0.1) is 5.82 Å². The molecular weight excluding hydrogens is 295 g/mol. The smallest absolute Gasteiger partial charge is 0.243 e. The number of methoxy groups -OCH3 is 1. The molecule has 0 spiro atoms. The molecule has 0 saturated carbocycles. The van der Waals surface area contributed by atoms with Crippen LogP contribution in [0.2, 0.25) is 0 Å². The molecule has 120 valence electrons. The molecule has 0 radical (unpaired) electrons. The van der Waals surface area contributed by atoms with Gasteiger partial charge in [0.05, 0.1) is 6.61 Å². The Morgan fingerprint density at radius 2 is 2.10 bits per heavy atom. The minimum atomic E-state index is -3.91. The van der Waals surface area contributed by atoms with Crippen molar-refractivity contribution in [3.8, 4) is 0 Å². The van der Waals surface area contributed by atoms with E-state index >= 15 is 0 Å². The summed E-state index contributed by atoms with van der Waals surface area (Å²) in [5.41, 5.74) is 0.707. The maximum atomic E-state index is 13.9. The Kier molecular flexibility index (Phi) is 7.24. The van der Waals surface area contributed by atoms with Gasteiger partial charge in [-0.3, -0.25) is 0 Å². The van der Waals surface area contributed by atoms with Crippen LogP contribution in [0.3, 0.4) is 0 Å². The zero-order valence-corrected chi connectivity index (χ0v) is 13.5. The van der Waals surface area contributed by atoms with Crippen molar-refractivity contribution in [3.05, 3.63) is 29.6 Å². The van der Waals surface area contributed by atoms with Crippen molar-refractivity contribution < 1.29 is 17.5 Å². The molecule has 1 unspecified atom stereocenters. The van der Waals surface area contributed by atoms with Crippen molar-refractivity contribution in [1.82, 2.24) is 10.0 Å². The standard InChI is InChI=1S/C14H23FN2O3S/c1-4-5-12(10-20-3)17-21(18,19)14-8-11(9-16-2)6-7-13(14)15/h6-8,12,16-17H,4-5,9-10H2,1-3H3. The van der Waals surface area contributed by atoms with Crippen LogP contribution in [0.4, 0.5) is 4.39 Å². The van der Waals surface area contributed by atoms with Crippen LogP contribution in [0.5, 0.6) is 0 Å². The second-order valence-electron chi connectivity index (χ2n) is 4.86. The monoisotopic (exact) mass is 318 g/mol. The molecule has 0 bridgehead atoms. The first kappa shape index (κ1) is 18.0. The lowest BCUT2D eigenvalue weighted by Crippen LogP contribution is -2.38. The largest absolute Gasteiger partial charge is 0.383 e. The Bertz CT molecular complexity index is 543. The number of nitrogens with one attached hydrogen (secondary N) is 2. The van der Waals surface area contributed by atoms with Crippen molar-refractivity contribution in [2.45, 2.75) is 37.2 Å². The molecule has 5 nitrogen and oxygen atoms in total. The van der Waals surface area contributed by atoms with Gasteiger partial charge in [0.2, 0.25) is 10.0 Å². The Labute approximate surface area is 125 Å². The predicted octanol–water partition coefficient (Wildman–Crippen LogP) is 1.64.